The largest absolute Gasteiger partial charge is 0.300 e. The van der Waals surface area contributed by atoms with Gasteiger partial charge in [0, 0.05) is 12.8 Å². The van der Waals surface area contributed by atoms with Crippen LogP contribution in [-0.4, -0.2) is 5.78 Å². The Morgan fingerprint density at radius 2 is 1.21 bits per heavy atom. The van der Waals surface area contributed by atoms with E-state index in [1.54, 1.807) is 0 Å². The van der Waals surface area contributed by atoms with Gasteiger partial charge in [-0.1, -0.05) is 78.6 Å². The molecule has 0 aliphatic heterocycles. The first kappa shape index (κ1) is 18.7. The van der Waals surface area contributed by atoms with Gasteiger partial charge in [0.25, 0.3) is 0 Å². The van der Waals surface area contributed by atoms with Crippen molar-refractivity contribution in [3.05, 3.63) is 0 Å². The first-order chi connectivity index (χ1) is 9.16. The van der Waals surface area contributed by atoms with Crippen molar-refractivity contribution < 1.29 is 4.79 Å². The van der Waals surface area contributed by atoms with Gasteiger partial charge in [0.1, 0.15) is 5.78 Å². The summed E-state index contributed by atoms with van der Waals surface area (Å²) in [6, 6.07) is 0. The lowest BCUT2D eigenvalue weighted by Gasteiger charge is -2.04. The highest BCUT2D eigenvalue weighted by Gasteiger charge is 2.03. The molecule has 0 spiro atoms. The van der Waals surface area contributed by atoms with E-state index in [2.05, 4.69) is 20.8 Å². The average Bonchev–Trinajstić information content (AvgIpc) is 2.38. The molecule has 0 N–H and O–H groups in total. The highest BCUT2D eigenvalue weighted by Crippen LogP contribution is 2.12. The summed E-state index contributed by atoms with van der Waals surface area (Å²) in [6.07, 6.45) is 16.1. The quantitative estimate of drug-likeness (QED) is 0.338. The van der Waals surface area contributed by atoms with E-state index in [1.165, 1.54) is 57.8 Å². The van der Waals surface area contributed by atoms with Crippen LogP contribution >= 0.6 is 0 Å². The molecule has 1 heteroatoms. The molecule has 0 aliphatic carbocycles. The van der Waals surface area contributed by atoms with Crippen molar-refractivity contribution in [2.45, 2.75) is 104 Å². The fourth-order valence-electron chi connectivity index (χ4n) is 2.38. The van der Waals surface area contributed by atoms with Crippen molar-refractivity contribution >= 4 is 5.78 Å². The molecule has 0 amide bonds. The van der Waals surface area contributed by atoms with E-state index in [0.717, 1.165) is 25.7 Å². The SMILES string of the molecule is CCCCCCCCCCCCC(=O)CCC(C)C. The third-order valence-corrected chi connectivity index (χ3v) is 3.81. The van der Waals surface area contributed by atoms with Crippen LogP contribution in [0.25, 0.3) is 0 Å². The van der Waals surface area contributed by atoms with E-state index in [-0.39, 0.29) is 0 Å². The molecule has 114 valence electrons. The molecule has 0 aliphatic rings. The molecule has 1 nitrogen and oxygen atoms in total. The molecule has 0 aromatic carbocycles. The summed E-state index contributed by atoms with van der Waals surface area (Å²) in [7, 11) is 0. The van der Waals surface area contributed by atoms with E-state index in [9.17, 15) is 4.79 Å². The van der Waals surface area contributed by atoms with E-state index in [1.807, 2.05) is 0 Å². The zero-order valence-electron chi connectivity index (χ0n) is 13.7. The molecule has 0 fully saturated rings. The van der Waals surface area contributed by atoms with Crippen LogP contribution in [0.3, 0.4) is 0 Å². The molecular formula is C18H36O. The number of unbranched alkanes of at least 4 members (excludes halogenated alkanes) is 9. The smallest absolute Gasteiger partial charge is 0.132 e. The minimum absolute atomic E-state index is 0.480. The Labute approximate surface area is 121 Å². The van der Waals surface area contributed by atoms with Crippen LogP contribution in [0.5, 0.6) is 0 Å². The molecule has 0 heterocycles. The van der Waals surface area contributed by atoms with Gasteiger partial charge in [-0.25, -0.2) is 0 Å². The number of hydrogen-bond donors (Lipinski definition) is 0. The molecule has 0 atom stereocenters. The van der Waals surface area contributed by atoms with Gasteiger partial charge in [-0.05, 0) is 18.8 Å². The van der Waals surface area contributed by atoms with Crippen LogP contribution in [0, 0.1) is 5.92 Å². The molecular weight excluding hydrogens is 232 g/mol. The molecule has 0 aromatic rings. The third kappa shape index (κ3) is 15.6. The van der Waals surface area contributed by atoms with Gasteiger partial charge in [-0.2, -0.15) is 0 Å². The van der Waals surface area contributed by atoms with E-state index in [0.29, 0.717) is 11.7 Å². The molecule has 0 unspecified atom stereocenters. The summed E-state index contributed by atoms with van der Waals surface area (Å²) >= 11 is 0. The van der Waals surface area contributed by atoms with E-state index >= 15 is 0 Å². The highest BCUT2D eigenvalue weighted by atomic mass is 16.1. The maximum Gasteiger partial charge on any atom is 0.132 e. The van der Waals surface area contributed by atoms with Crippen LogP contribution in [-0.2, 0) is 4.79 Å². The Morgan fingerprint density at radius 1 is 0.737 bits per heavy atom. The van der Waals surface area contributed by atoms with E-state index < -0.39 is 0 Å². The minimum atomic E-state index is 0.480. The van der Waals surface area contributed by atoms with Crippen molar-refractivity contribution in [3.63, 3.8) is 0 Å². The van der Waals surface area contributed by atoms with Crippen molar-refractivity contribution in [2.24, 2.45) is 5.92 Å². The second-order valence-electron chi connectivity index (χ2n) is 6.40. The summed E-state index contributed by atoms with van der Waals surface area (Å²) in [5.41, 5.74) is 0. The first-order valence-electron chi connectivity index (χ1n) is 8.68. The van der Waals surface area contributed by atoms with Gasteiger partial charge in [0.05, 0.1) is 0 Å². The molecule has 19 heavy (non-hydrogen) atoms. The molecule has 0 rings (SSSR count). The Balaban J connectivity index is 3.11. The van der Waals surface area contributed by atoms with Gasteiger partial charge in [-0.15, -0.1) is 0 Å². The summed E-state index contributed by atoms with van der Waals surface area (Å²) in [5.74, 6) is 1.14. The number of ketones is 1. The lowest BCUT2D eigenvalue weighted by atomic mass is 10.0. The number of carbonyl (C=O) groups excluding carboxylic acids is 1. The monoisotopic (exact) mass is 268 g/mol. The number of Topliss-reactive ketones (excluding diaryl/α,β-unsaturated/α-hetero) is 1. The lowest BCUT2D eigenvalue weighted by Crippen LogP contribution is -2.00. The third-order valence-electron chi connectivity index (χ3n) is 3.81. The molecule has 0 saturated carbocycles. The zero-order valence-corrected chi connectivity index (χ0v) is 13.7. The van der Waals surface area contributed by atoms with Gasteiger partial charge in [0.2, 0.25) is 0 Å². The average molecular weight is 268 g/mol. The Hall–Kier alpha value is -0.330. The molecule has 0 bridgehead atoms. The number of rotatable bonds is 14. The predicted octanol–water partition coefficient (Wildman–Crippen LogP) is 6.30. The van der Waals surface area contributed by atoms with Crippen molar-refractivity contribution in [1.29, 1.82) is 0 Å². The summed E-state index contributed by atoms with van der Waals surface area (Å²) < 4.78 is 0. The first-order valence-corrected chi connectivity index (χ1v) is 8.68. The van der Waals surface area contributed by atoms with Crippen LogP contribution in [0.2, 0.25) is 0 Å². The Morgan fingerprint density at radius 3 is 1.68 bits per heavy atom. The lowest BCUT2D eigenvalue weighted by molar-refractivity contribution is -0.119. The van der Waals surface area contributed by atoms with Crippen LogP contribution in [0.1, 0.15) is 104 Å². The maximum absolute atomic E-state index is 11.6. The maximum atomic E-state index is 11.6. The van der Waals surface area contributed by atoms with E-state index in [4.69, 9.17) is 0 Å². The fraction of sp³-hybridized carbons (Fsp3) is 0.944. The molecule has 0 aromatic heterocycles. The summed E-state index contributed by atoms with van der Waals surface area (Å²) in [6.45, 7) is 6.64. The fourth-order valence-corrected chi connectivity index (χ4v) is 2.38. The van der Waals surface area contributed by atoms with Crippen molar-refractivity contribution in [3.8, 4) is 0 Å². The Kier molecular flexibility index (Phi) is 13.8. The predicted molar refractivity (Wildman–Crippen MR) is 85.5 cm³/mol. The van der Waals surface area contributed by atoms with Crippen LogP contribution < -0.4 is 0 Å². The van der Waals surface area contributed by atoms with Crippen molar-refractivity contribution in [2.75, 3.05) is 0 Å². The summed E-state index contributed by atoms with van der Waals surface area (Å²) in [5, 5.41) is 0. The zero-order chi connectivity index (χ0) is 14.3. The van der Waals surface area contributed by atoms with Crippen LogP contribution in [0.15, 0.2) is 0 Å². The minimum Gasteiger partial charge on any atom is -0.300 e. The number of carbonyl (C=O) groups is 1. The van der Waals surface area contributed by atoms with Gasteiger partial charge in [0.15, 0.2) is 0 Å². The van der Waals surface area contributed by atoms with Crippen LogP contribution in [0.4, 0.5) is 0 Å². The highest BCUT2D eigenvalue weighted by molar-refractivity contribution is 5.78. The molecule has 0 saturated heterocycles. The topological polar surface area (TPSA) is 17.1 Å². The molecule has 0 radical (unpaired) electrons. The second-order valence-corrected chi connectivity index (χ2v) is 6.40. The van der Waals surface area contributed by atoms with Gasteiger partial charge < -0.3 is 0 Å². The van der Waals surface area contributed by atoms with Gasteiger partial charge >= 0.3 is 0 Å². The Bertz CT molecular complexity index is 196. The summed E-state index contributed by atoms with van der Waals surface area (Å²) in [4.78, 5) is 11.6. The normalized spacial score (nSPS) is 11.2. The second kappa shape index (κ2) is 14.1. The number of hydrogen-bond acceptors (Lipinski definition) is 1. The van der Waals surface area contributed by atoms with Crippen molar-refractivity contribution in [1.82, 2.24) is 0 Å². The van der Waals surface area contributed by atoms with Gasteiger partial charge in [-0.3, -0.25) is 4.79 Å². The standard InChI is InChI=1S/C18H36O/c1-4-5-6-7-8-9-10-11-12-13-14-18(19)16-15-17(2)3/h17H,4-16H2,1-3H3.